The van der Waals surface area contributed by atoms with E-state index in [2.05, 4.69) is 37.8 Å². The van der Waals surface area contributed by atoms with E-state index >= 15 is 0 Å². The van der Waals surface area contributed by atoms with Crippen LogP contribution >= 0.6 is 0 Å². The first-order chi connectivity index (χ1) is 7.41. The Labute approximate surface area is 96.2 Å². The Morgan fingerprint density at radius 1 is 0.800 bits per heavy atom. The van der Waals surface area contributed by atoms with Gasteiger partial charge in [-0.2, -0.15) is 0 Å². The van der Waals surface area contributed by atoms with Crippen LogP contribution in [0.15, 0.2) is 12.2 Å². The van der Waals surface area contributed by atoms with E-state index < -0.39 is 0 Å². The second-order valence-electron chi connectivity index (χ2n) is 3.98. The molecule has 0 N–H and O–H groups in total. The van der Waals surface area contributed by atoms with Crippen molar-refractivity contribution in [1.82, 2.24) is 0 Å². The Balaban J connectivity index is 3.20. The lowest BCUT2D eigenvalue weighted by Gasteiger charge is -1.90. The highest BCUT2D eigenvalue weighted by molar-refractivity contribution is 5.04. The van der Waals surface area contributed by atoms with Crippen LogP contribution in [0.2, 0.25) is 0 Å². The van der Waals surface area contributed by atoms with Crippen LogP contribution in [0.5, 0.6) is 0 Å². The highest BCUT2D eigenvalue weighted by Crippen LogP contribution is 2.00. The molecule has 0 saturated carbocycles. The SMILES string of the molecule is CCCCCC#CC/C=C/CCCCC. The van der Waals surface area contributed by atoms with Gasteiger partial charge < -0.3 is 0 Å². The first kappa shape index (κ1) is 14.3. The van der Waals surface area contributed by atoms with E-state index in [1.807, 2.05) is 0 Å². The first-order valence-corrected chi connectivity index (χ1v) is 6.52. The number of hydrogen-bond acceptors (Lipinski definition) is 0. The number of rotatable bonds is 8. The van der Waals surface area contributed by atoms with E-state index in [1.54, 1.807) is 0 Å². The molecule has 0 saturated heterocycles. The van der Waals surface area contributed by atoms with Gasteiger partial charge in [0.25, 0.3) is 0 Å². The summed E-state index contributed by atoms with van der Waals surface area (Å²) in [6.07, 6.45) is 15.6. The van der Waals surface area contributed by atoms with E-state index in [9.17, 15) is 0 Å². The van der Waals surface area contributed by atoms with Crippen molar-refractivity contribution in [2.45, 2.75) is 71.6 Å². The standard InChI is InChI=1S/C15H26/c1-3-5-7-9-11-13-15-14-12-10-8-6-4-2/h11,13H,3-10,15H2,1-2H3/b13-11+. The smallest absolute Gasteiger partial charge is 0.0269 e. The van der Waals surface area contributed by atoms with Gasteiger partial charge in [-0.1, -0.05) is 57.6 Å². The van der Waals surface area contributed by atoms with Crippen molar-refractivity contribution in [2.75, 3.05) is 0 Å². The minimum Gasteiger partial charge on any atom is -0.103 e. The predicted octanol–water partition coefficient (Wildman–Crippen LogP) is 5.10. The van der Waals surface area contributed by atoms with E-state index in [1.165, 1.54) is 44.9 Å². The molecule has 0 nitrogen and oxygen atoms in total. The van der Waals surface area contributed by atoms with Crippen LogP contribution in [0.3, 0.4) is 0 Å². The average molecular weight is 206 g/mol. The van der Waals surface area contributed by atoms with Crippen LogP contribution in [-0.4, -0.2) is 0 Å². The summed E-state index contributed by atoms with van der Waals surface area (Å²) in [5.74, 6) is 6.42. The van der Waals surface area contributed by atoms with Gasteiger partial charge in [0.1, 0.15) is 0 Å². The van der Waals surface area contributed by atoms with Crippen LogP contribution in [0.1, 0.15) is 71.6 Å². The summed E-state index contributed by atoms with van der Waals surface area (Å²) in [6, 6.07) is 0. The lowest BCUT2D eigenvalue weighted by molar-refractivity contribution is 0.728. The summed E-state index contributed by atoms with van der Waals surface area (Å²) in [5.41, 5.74) is 0. The Bertz CT molecular complexity index is 190. The third-order valence-corrected chi connectivity index (χ3v) is 2.39. The fraction of sp³-hybridized carbons (Fsp3) is 0.733. The second-order valence-corrected chi connectivity index (χ2v) is 3.98. The van der Waals surface area contributed by atoms with Gasteiger partial charge >= 0.3 is 0 Å². The van der Waals surface area contributed by atoms with Crippen molar-refractivity contribution in [1.29, 1.82) is 0 Å². The van der Waals surface area contributed by atoms with E-state index in [4.69, 9.17) is 0 Å². The molecule has 0 atom stereocenters. The third-order valence-electron chi connectivity index (χ3n) is 2.39. The monoisotopic (exact) mass is 206 g/mol. The summed E-state index contributed by atoms with van der Waals surface area (Å²) < 4.78 is 0. The van der Waals surface area contributed by atoms with Gasteiger partial charge in [-0.15, -0.1) is 5.92 Å². The molecule has 0 aromatic rings. The van der Waals surface area contributed by atoms with Gasteiger partial charge in [-0.25, -0.2) is 0 Å². The maximum absolute atomic E-state index is 3.22. The van der Waals surface area contributed by atoms with Crippen LogP contribution in [-0.2, 0) is 0 Å². The summed E-state index contributed by atoms with van der Waals surface area (Å²) in [7, 11) is 0. The highest BCUT2D eigenvalue weighted by atomic mass is 13.9. The van der Waals surface area contributed by atoms with Crippen molar-refractivity contribution < 1.29 is 0 Å². The quantitative estimate of drug-likeness (QED) is 0.294. The lowest BCUT2D eigenvalue weighted by atomic mass is 10.2. The average Bonchev–Trinajstić information content (AvgIpc) is 2.26. The van der Waals surface area contributed by atoms with Crippen molar-refractivity contribution in [3.8, 4) is 11.8 Å². The van der Waals surface area contributed by atoms with Gasteiger partial charge in [-0.3, -0.25) is 0 Å². The molecule has 0 amide bonds. The topological polar surface area (TPSA) is 0 Å². The molecule has 0 bridgehead atoms. The van der Waals surface area contributed by atoms with Gasteiger partial charge in [-0.05, 0) is 19.3 Å². The molecular weight excluding hydrogens is 180 g/mol. The van der Waals surface area contributed by atoms with Gasteiger partial charge in [0.05, 0.1) is 0 Å². The van der Waals surface area contributed by atoms with E-state index in [-0.39, 0.29) is 0 Å². The molecule has 0 aliphatic carbocycles. The third kappa shape index (κ3) is 13.3. The molecule has 0 fully saturated rings. The molecular formula is C15H26. The maximum atomic E-state index is 3.22. The normalized spacial score (nSPS) is 10.3. The Hall–Kier alpha value is -0.700. The van der Waals surface area contributed by atoms with E-state index in [0.717, 1.165) is 12.8 Å². The number of unbranched alkanes of at least 4 members (excludes halogenated alkanes) is 6. The summed E-state index contributed by atoms with van der Waals surface area (Å²) in [6.45, 7) is 4.47. The zero-order chi connectivity index (χ0) is 11.2. The minimum absolute atomic E-state index is 0.943. The largest absolute Gasteiger partial charge is 0.103 e. The molecule has 0 aromatic carbocycles. The fourth-order valence-corrected chi connectivity index (χ4v) is 1.40. The lowest BCUT2D eigenvalue weighted by Crippen LogP contribution is -1.72. The molecule has 0 heteroatoms. The molecule has 0 spiro atoms. The van der Waals surface area contributed by atoms with Crippen LogP contribution < -0.4 is 0 Å². The molecule has 0 aliphatic rings. The molecule has 0 radical (unpaired) electrons. The summed E-state index contributed by atoms with van der Waals surface area (Å²) in [4.78, 5) is 0. The number of hydrogen-bond donors (Lipinski definition) is 0. The summed E-state index contributed by atoms with van der Waals surface area (Å²) >= 11 is 0. The molecule has 0 rings (SSSR count). The van der Waals surface area contributed by atoms with Gasteiger partial charge in [0.2, 0.25) is 0 Å². The van der Waals surface area contributed by atoms with Gasteiger partial charge in [0.15, 0.2) is 0 Å². The number of allylic oxidation sites excluding steroid dienone is 2. The molecule has 0 unspecified atom stereocenters. The zero-order valence-electron chi connectivity index (χ0n) is 10.5. The molecule has 0 aromatic heterocycles. The Morgan fingerprint density at radius 2 is 1.53 bits per heavy atom. The second kappa shape index (κ2) is 13.3. The maximum Gasteiger partial charge on any atom is 0.0269 e. The van der Waals surface area contributed by atoms with E-state index in [0.29, 0.717) is 0 Å². The van der Waals surface area contributed by atoms with Gasteiger partial charge in [0, 0.05) is 12.8 Å². The predicted molar refractivity (Wildman–Crippen MR) is 69.8 cm³/mol. The Kier molecular flexibility index (Phi) is 12.7. The van der Waals surface area contributed by atoms with Crippen LogP contribution in [0, 0.1) is 11.8 Å². The first-order valence-electron chi connectivity index (χ1n) is 6.52. The highest BCUT2D eigenvalue weighted by Gasteiger charge is 1.81. The summed E-state index contributed by atoms with van der Waals surface area (Å²) in [5, 5.41) is 0. The van der Waals surface area contributed by atoms with Crippen LogP contribution in [0.25, 0.3) is 0 Å². The zero-order valence-corrected chi connectivity index (χ0v) is 10.5. The fourth-order valence-electron chi connectivity index (χ4n) is 1.40. The molecule has 0 heterocycles. The molecule has 15 heavy (non-hydrogen) atoms. The Morgan fingerprint density at radius 3 is 2.27 bits per heavy atom. The van der Waals surface area contributed by atoms with Crippen molar-refractivity contribution in [3.05, 3.63) is 12.2 Å². The molecule has 0 aliphatic heterocycles. The van der Waals surface area contributed by atoms with Crippen molar-refractivity contribution >= 4 is 0 Å². The minimum atomic E-state index is 0.943. The van der Waals surface area contributed by atoms with Crippen molar-refractivity contribution in [3.63, 3.8) is 0 Å². The molecule has 86 valence electrons. The van der Waals surface area contributed by atoms with Crippen LogP contribution in [0.4, 0.5) is 0 Å². The van der Waals surface area contributed by atoms with Crippen molar-refractivity contribution in [2.24, 2.45) is 0 Å².